The molecular formula is C18H23N5O. The van der Waals surface area contributed by atoms with Gasteiger partial charge in [-0.05, 0) is 25.1 Å². The lowest BCUT2D eigenvalue weighted by Gasteiger charge is -2.34. The smallest absolute Gasteiger partial charge is 0.225 e. The molecule has 0 spiro atoms. The number of aromatic nitrogens is 2. The van der Waals surface area contributed by atoms with Gasteiger partial charge in [-0.25, -0.2) is 9.97 Å². The number of aryl methyl sites for hydroxylation is 1. The molecule has 126 valence electrons. The fourth-order valence-corrected chi connectivity index (χ4v) is 2.75. The number of anilines is 2. The maximum atomic E-state index is 12.1. The van der Waals surface area contributed by atoms with Crippen molar-refractivity contribution in [2.24, 2.45) is 0 Å². The second-order valence-electron chi connectivity index (χ2n) is 6.04. The van der Waals surface area contributed by atoms with Crippen LogP contribution < -0.4 is 10.2 Å². The molecule has 0 unspecified atom stereocenters. The van der Waals surface area contributed by atoms with Crippen LogP contribution in [-0.2, 0) is 4.79 Å². The van der Waals surface area contributed by atoms with Crippen LogP contribution in [-0.4, -0.2) is 53.5 Å². The van der Waals surface area contributed by atoms with Crippen LogP contribution >= 0.6 is 0 Å². The first kappa shape index (κ1) is 16.4. The van der Waals surface area contributed by atoms with Crippen LogP contribution in [0.5, 0.6) is 0 Å². The molecule has 0 radical (unpaired) electrons. The number of nitrogens with one attached hydrogen (secondary N) is 1. The van der Waals surface area contributed by atoms with E-state index < -0.39 is 0 Å². The number of hydrogen-bond donors (Lipinski definition) is 1. The van der Waals surface area contributed by atoms with Gasteiger partial charge < -0.3 is 10.2 Å². The van der Waals surface area contributed by atoms with E-state index in [4.69, 9.17) is 0 Å². The highest BCUT2D eigenvalue weighted by Crippen LogP contribution is 2.11. The van der Waals surface area contributed by atoms with Gasteiger partial charge in [-0.2, -0.15) is 0 Å². The average molecular weight is 325 g/mol. The van der Waals surface area contributed by atoms with Crippen molar-refractivity contribution >= 4 is 17.5 Å². The van der Waals surface area contributed by atoms with Gasteiger partial charge >= 0.3 is 0 Å². The third-order valence-electron chi connectivity index (χ3n) is 4.20. The minimum atomic E-state index is 0.0627. The molecule has 3 rings (SSSR count). The number of rotatable bonds is 5. The Balaban J connectivity index is 1.40. The van der Waals surface area contributed by atoms with Gasteiger partial charge in [0.25, 0.3) is 0 Å². The zero-order valence-electron chi connectivity index (χ0n) is 14.0. The first-order chi connectivity index (χ1) is 11.7. The molecule has 1 saturated heterocycles. The van der Waals surface area contributed by atoms with Gasteiger partial charge in [-0.3, -0.25) is 9.69 Å². The fourth-order valence-electron chi connectivity index (χ4n) is 2.75. The number of amides is 1. The maximum Gasteiger partial charge on any atom is 0.225 e. The topological polar surface area (TPSA) is 61.4 Å². The number of carbonyl (C=O) groups is 1. The van der Waals surface area contributed by atoms with E-state index in [9.17, 15) is 4.79 Å². The quantitative estimate of drug-likeness (QED) is 0.910. The van der Waals surface area contributed by atoms with Crippen LogP contribution in [0.15, 0.2) is 42.7 Å². The highest BCUT2D eigenvalue weighted by Gasteiger charge is 2.19. The number of hydrogen-bond acceptors (Lipinski definition) is 5. The molecule has 1 aliphatic rings. The van der Waals surface area contributed by atoms with Crippen molar-refractivity contribution in [2.45, 2.75) is 13.3 Å². The monoisotopic (exact) mass is 325 g/mol. The molecule has 0 bridgehead atoms. The van der Waals surface area contributed by atoms with Crippen LogP contribution in [0.25, 0.3) is 0 Å². The van der Waals surface area contributed by atoms with Crippen molar-refractivity contribution < 1.29 is 4.79 Å². The molecule has 6 heteroatoms. The van der Waals surface area contributed by atoms with Crippen LogP contribution in [0.3, 0.4) is 0 Å². The summed E-state index contributed by atoms with van der Waals surface area (Å²) in [6.45, 7) is 6.45. The third-order valence-corrected chi connectivity index (χ3v) is 4.20. The van der Waals surface area contributed by atoms with Crippen molar-refractivity contribution in [1.82, 2.24) is 14.9 Å². The summed E-state index contributed by atoms with van der Waals surface area (Å²) in [5.41, 5.74) is 2.05. The summed E-state index contributed by atoms with van der Waals surface area (Å²) in [5.74, 6) is 0.849. The molecule has 1 aromatic heterocycles. The van der Waals surface area contributed by atoms with Gasteiger partial charge in [0.15, 0.2) is 0 Å². The summed E-state index contributed by atoms with van der Waals surface area (Å²) in [7, 11) is 0. The first-order valence-electron chi connectivity index (χ1n) is 8.31. The molecule has 1 aliphatic heterocycles. The Hall–Kier alpha value is -2.47. The molecule has 0 aliphatic carbocycles. The minimum absolute atomic E-state index is 0.0627. The predicted octanol–water partition coefficient (Wildman–Crippen LogP) is 1.94. The van der Waals surface area contributed by atoms with Gasteiger partial charge in [0.1, 0.15) is 0 Å². The van der Waals surface area contributed by atoms with Crippen molar-refractivity contribution in [2.75, 3.05) is 42.9 Å². The molecule has 2 aromatic rings. The van der Waals surface area contributed by atoms with Gasteiger partial charge in [0.05, 0.1) is 0 Å². The Morgan fingerprint density at radius 2 is 1.75 bits per heavy atom. The Kier molecular flexibility index (Phi) is 5.38. The largest absolute Gasteiger partial charge is 0.338 e. The molecule has 1 N–H and O–H groups in total. The summed E-state index contributed by atoms with van der Waals surface area (Å²) in [5, 5.41) is 2.95. The molecule has 1 fully saturated rings. The summed E-state index contributed by atoms with van der Waals surface area (Å²) < 4.78 is 0. The number of nitrogens with zero attached hydrogens (tertiary/aromatic N) is 4. The Bertz CT molecular complexity index is 651. The van der Waals surface area contributed by atoms with E-state index in [1.54, 1.807) is 12.4 Å². The maximum absolute atomic E-state index is 12.1. The molecule has 0 saturated carbocycles. The zero-order chi connectivity index (χ0) is 16.8. The van der Waals surface area contributed by atoms with Crippen molar-refractivity contribution in [3.8, 4) is 0 Å². The second kappa shape index (κ2) is 7.88. The van der Waals surface area contributed by atoms with E-state index in [-0.39, 0.29) is 5.91 Å². The summed E-state index contributed by atoms with van der Waals surface area (Å²) >= 11 is 0. The van der Waals surface area contributed by atoms with Crippen LogP contribution in [0.2, 0.25) is 0 Å². The zero-order valence-corrected chi connectivity index (χ0v) is 14.0. The lowest BCUT2D eigenvalue weighted by Crippen LogP contribution is -2.47. The summed E-state index contributed by atoms with van der Waals surface area (Å²) in [6.07, 6.45) is 4.05. The lowest BCUT2D eigenvalue weighted by molar-refractivity contribution is -0.116. The van der Waals surface area contributed by atoms with E-state index in [1.165, 1.54) is 5.56 Å². The molecule has 6 nitrogen and oxygen atoms in total. The van der Waals surface area contributed by atoms with Crippen LogP contribution in [0.1, 0.15) is 12.0 Å². The highest BCUT2D eigenvalue weighted by atomic mass is 16.1. The van der Waals surface area contributed by atoms with Gasteiger partial charge in [-0.15, -0.1) is 0 Å². The Labute approximate surface area is 142 Å². The van der Waals surface area contributed by atoms with Gasteiger partial charge in [0.2, 0.25) is 11.9 Å². The van der Waals surface area contributed by atoms with Gasteiger partial charge in [-0.1, -0.05) is 17.7 Å². The van der Waals surface area contributed by atoms with Crippen molar-refractivity contribution in [3.63, 3.8) is 0 Å². The van der Waals surface area contributed by atoms with E-state index in [0.717, 1.165) is 44.4 Å². The predicted molar refractivity (Wildman–Crippen MR) is 95.1 cm³/mol. The SMILES string of the molecule is Cc1ccc(NC(=O)CCN2CCN(c3ncccn3)CC2)cc1. The van der Waals surface area contributed by atoms with Crippen LogP contribution in [0, 0.1) is 6.92 Å². The minimum Gasteiger partial charge on any atom is -0.338 e. The second-order valence-corrected chi connectivity index (χ2v) is 6.04. The lowest BCUT2D eigenvalue weighted by atomic mass is 10.2. The van der Waals surface area contributed by atoms with Crippen molar-refractivity contribution in [1.29, 1.82) is 0 Å². The van der Waals surface area contributed by atoms with E-state index >= 15 is 0 Å². The normalized spacial score (nSPS) is 15.3. The average Bonchev–Trinajstić information content (AvgIpc) is 2.63. The van der Waals surface area contributed by atoms with Crippen LogP contribution in [0.4, 0.5) is 11.6 Å². The number of benzene rings is 1. The Morgan fingerprint density at radius 1 is 1.08 bits per heavy atom. The third kappa shape index (κ3) is 4.52. The molecule has 0 atom stereocenters. The molecule has 2 heterocycles. The number of carbonyl (C=O) groups excluding carboxylic acids is 1. The first-order valence-corrected chi connectivity index (χ1v) is 8.31. The molecule has 1 amide bonds. The van der Waals surface area contributed by atoms with E-state index in [0.29, 0.717) is 6.42 Å². The van der Waals surface area contributed by atoms with E-state index in [2.05, 4.69) is 25.1 Å². The number of piperazine rings is 1. The molecular weight excluding hydrogens is 302 g/mol. The van der Waals surface area contributed by atoms with E-state index in [1.807, 2.05) is 37.3 Å². The summed E-state index contributed by atoms with van der Waals surface area (Å²) in [4.78, 5) is 25.1. The fraction of sp³-hybridized carbons (Fsp3) is 0.389. The molecule has 1 aromatic carbocycles. The van der Waals surface area contributed by atoms with Gasteiger partial charge in [0, 0.05) is 57.2 Å². The van der Waals surface area contributed by atoms with Crippen molar-refractivity contribution in [3.05, 3.63) is 48.3 Å². The molecule has 24 heavy (non-hydrogen) atoms. The summed E-state index contributed by atoms with van der Waals surface area (Å²) in [6, 6.07) is 9.70. The standard InChI is InChI=1S/C18H23N5O/c1-15-3-5-16(6-4-15)21-17(24)7-10-22-11-13-23(14-12-22)18-19-8-2-9-20-18/h2-6,8-9H,7,10-14H2,1H3,(H,21,24). The highest BCUT2D eigenvalue weighted by molar-refractivity contribution is 5.90. The Morgan fingerprint density at radius 3 is 2.42 bits per heavy atom.